The van der Waals surface area contributed by atoms with E-state index in [4.69, 9.17) is 4.42 Å². The molecular formula is C24H27N5OS. The summed E-state index contributed by atoms with van der Waals surface area (Å²) in [5.74, 6) is 2.48. The zero-order valence-corrected chi connectivity index (χ0v) is 18.5. The summed E-state index contributed by atoms with van der Waals surface area (Å²) in [7, 11) is 0. The van der Waals surface area contributed by atoms with Crippen molar-refractivity contribution in [3.8, 4) is 11.3 Å². The van der Waals surface area contributed by atoms with E-state index in [1.54, 1.807) is 0 Å². The van der Waals surface area contributed by atoms with Crippen molar-refractivity contribution in [2.45, 2.75) is 55.7 Å². The van der Waals surface area contributed by atoms with Gasteiger partial charge in [-0.05, 0) is 12.8 Å². The Morgan fingerprint density at radius 2 is 1.74 bits per heavy atom. The van der Waals surface area contributed by atoms with Gasteiger partial charge in [-0.1, -0.05) is 43.2 Å². The van der Waals surface area contributed by atoms with Crippen LogP contribution in [0.2, 0.25) is 0 Å². The van der Waals surface area contributed by atoms with Crippen molar-refractivity contribution in [2.24, 2.45) is 0 Å². The van der Waals surface area contributed by atoms with Crippen LogP contribution in [0, 0.1) is 6.92 Å². The second-order valence-corrected chi connectivity index (χ2v) is 9.31. The van der Waals surface area contributed by atoms with Crippen molar-refractivity contribution in [1.29, 1.82) is 0 Å². The molecule has 0 radical (unpaired) electrons. The minimum Gasteiger partial charge on any atom is -0.444 e. The Hall–Kier alpha value is -2.80. The van der Waals surface area contributed by atoms with Gasteiger partial charge in [0, 0.05) is 42.5 Å². The van der Waals surface area contributed by atoms with Crippen LogP contribution in [0.4, 0.5) is 0 Å². The molecule has 3 atom stereocenters. The maximum atomic E-state index is 6.05. The molecule has 1 saturated carbocycles. The Bertz CT molecular complexity index is 1070. The largest absolute Gasteiger partial charge is 0.444 e. The lowest BCUT2D eigenvalue weighted by Gasteiger charge is -2.33. The number of nitrogens with zero attached hydrogens (tertiary/aromatic N) is 5. The summed E-state index contributed by atoms with van der Waals surface area (Å²) >= 11 is 1.98. The average Bonchev–Trinajstić information content (AvgIpc) is 3.54. The predicted octanol–water partition coefficient (Wildman–Crippen LogP) is 5.70. The molecule has 3 heterocycles. The van der Waals surface area contributed by atoms with Crippen LogP contribution in [0.1, 0.15) is 49.4 Å². The van der Waals surface area contributed by atoms with Crippen LogP contribution in [-0.4, -0.2) is 29.3 Å². The molecule has 31 heavy (non-hydrogen) atoms. The van der Waals surface area contributed by atoms with Crippen molar-refractivity contribution in [1.82, 2.24) is 24.1 Å². The maximum Gasteiger partial charge on any atom is 0.191 e. The van der Waals surface area contributed by atoms with E-state index in [-0.39, 0.29) is 0 Å². The monoisotopic (exact) mass is 433 g/mol. The smallest absolute Gasteiger partial charge is 0.191 e. The second-order valence-electron chi connectivity index (χ2n) is 8.08. The van der Waals surface area contributed by atoms with Crippen LogP contribution < -0.4 is 0 Å². The van der Waals surface area contributed by atoms with Gasteiger partial charge in [0.25, 0.3) is 0 Å². The molecule has 4 aromatic rings. The van der Waals surface area contributed by atoms with Crippen molar-refractivity contribution in [3.63, 3.8) is 0 Å². The number of benzene rings is 1. The van der Waals surface area contributed by atoms with Crippen LogP contribution in [0.15, 0.2) is 72.2 Å². The molecule has 0 amide bonds. The first-order valence-electron chi connectivity index (χ1n) is 10.9. The molecule has 0 saturated heterocycles. The lowest BCUT2D eigenvalue weighted by Crippen LogP contribution is -2.29. The van der Waals surface area contributed by atoms with Crippen molar-refractivity contribution < 1.29 is 4.42 Å². The van der Waals surface area contributed by atoms with E-state index in [9.17, 15) is 0 Å². The Kier molecular flexibility index (Phi) is 5.93. The number of hydrogen-bond acceptors (Lipinski definition) is 5. The van der Waals surface area contributed by atoms with Crippen LogP contribution in [0.3, 0.4) is 0 Å². The molecular weight excluding hydrogens is 406 g/mol. The van der Waals surface area contributed by atoms with E-state index in [1.165, 1.54) is 19.3 Å². The highest BCUT2D eigenvalue weighted by atomic mass is 32.2. The first-order chi connectivity index (χ1) is 15.3. The molecule has 160 valence electrons. The van der Waals surface area contributed by atoms with Crippen LogP contribution in [0.5, 0.6) is 0 Å². The highest BCUT2D eigenvalue weighted by Gasteiger charge is 2.34. The number of aryl methyl sites for hydroxylation is 1. The zero-order valence-electron chi connectivity index (χ0n) is 17.7. The molecule has 6 nitrogen and oxygen atoms in total. The molecule has 1 aromatic carbocycles. The lowest BCUT2D eigenvalue weighted by atomic mass is 10.0. The van der Waals surface area contributed by atoms with Gasteiger partial charge in [-0.2, -0.15) is 0 Å². The molecule has 0 aliphatic heterocycles. The number of rotatable bonds is 6. The predicted molar refractivity (Wildman–Crippen MR) is 123 cm³/mol. The van der Waals surface area contributed by atoms with Gasteiger partial charge in [-0.3, -0.25) is 0 Å². The summed E-state index contributed by atoms with van der Waals surface area (Å²) in [6, 6.07) is 11.0. The third-order valence-corrected chi connectivity index (χ3v) is 7.44. The topological polar surface area (TPSA) is 61.7 Å². The average molecular weight is 434 g/mol. The van der Waals surface area contributed by atoms with Gasteiger partial charge in [0.15, 0.2) is 5.89 Å². The number of oxazole rings is 1. The van der Waals surface area contributed by atoms with E-state index >= 15 is 0 Å². The lowest BCUT2D eigenvalue weighted by molar-refractivity contribution is 0.313. The quantitative estimate of drug-likeness (QED) is 0.365. The van der Waals surface area contributed by atoms with E-state index < -0.39 is 0 Å². The third kappa shape index (κ3) is 4.32. The number of thioether (sulfide) groups is 1. The van der Waals surface area contributed by atoms with E-state index in [0.29, 0.717) is 17.3 Å². The molecule has 3 aromatic heterocycles. The summed E-state index contributed by atoms with van der Waals surface area (Å²) in [6.45, 7) is 1.93. The first kappa shape index (κ1) is 20.1. The van der Waals surface area contributed by atoms with Gasteiger partial charge >= 0.3 is 0 Å². The molecule has 1 aliphatic rings. The Labute approximate surface area is 186 Å². The van der Waals surface area contributed by atoms with Crippen molar-refractivity contribution >= 4 is 11.8 Å². The molecule has 1 aliphatic carbocycles. The van der Waals surface area contributed by atoms with Gasteiger partial charge in [0.1, 0.15) is 11.5 Å². The minimum atomic E-state index is 0.313. The summed E-state index contributed by atoms with van der Waals surface area (Å²) < 4.78 is 10.6. The zero-order chi connectivity index (χ0) is 21.0. The Morgan fingerprint density at radius 3 is 2.48 bits per heavy atom. The number of imidazole rings is 2. The summed E-state index contributed by atoms with van der Waals surface area (Å²) in [5.41, 5.74) is 2.07. The van der Waals surface area contributed by atoms with Crippen LogP contribution in [0.25, 0.3) is 11.3 Å². The summed E-state index contributed by atoms with van der Waals surface area (Å²) in [4.78, 5) is 13.4. The van der Waals surface area contributed by atoms with E-state index in [0.717, 1.165) is 35.1 Å². The molecule has 1 fully saturated rings. The van der Waals surface area contributed by atoms with E-state index in [2.05, 4.69) is 48.6 Å². The van der Waals surface area contributed by atoms with Gasteiger partial charge in [0.05, 0.1) is 30.5 Å². The molecule has 7 heteroatoms. The third-order valence-electron chi connectivity index (χ3n) is 6.07. The Balaban J connectivity index is 1.43. The fraction of sp³-hybridized carbons (Fsp3) is 0.375. The first-order valence-corrected chi connectivity index (χ1v) is 11.9. The van der Waals surface area contributed by atoms with Crippen LogP contribution in [-0.2, 0) is 5.75 Å². The molecule has 3 unspecified atom stereocenters. The highest BCUT2D eigenvalue weighted by molar-refractivity contribution is 7.99. The van der Waals surface area contributed by atoms with Gasteiger partial charge in [-0.15, -0.1) is 11.8 Å². The number of aromatic nitrogens is 5. The fourth-order valence-electron chi connectivity index (χ4n) is 4.67. The molecule has 0 N–H and O–H groups in total. The van der Waals surface area contributed by atoms with E-state index in [1.807, 2.05) is 61.9 Å². The normalized spacial score (nSPS) is 21.8. The maximum absolute atomic E-state index is 6.05. The second kappa shape index (κ2) is 9.14. The standard InChI is InChI=1S/C24H27N5OS/c1-18-27-23(19-7-3-2-4-8-19)21(30-18)15-31-22-10-6-5-9-20(28-13-11-25-16-28)24(22)29-14-12-26-17-29/h2-4,7-8,11-14,16-17,20,22,24H,5-6,9-10,15H2,1H3. The molecule has 5 rings (SSSR count). The van der Waals surface area contributed by atoms with Gasteiger partial charge < -0.3 is 13.6 Å². The summed E-state index contributed by atoms with van der Waals surface area (Å²) in [6.07, 6.45) is 16.6. The minimum absolute atomic E-state index is 0.313. The number of hydrogen-bond donors (Lipinski definition) is 0. The van der Waals surface area contributed by atoms with Crippen LogP contribution >= 0.6 is 11.8 Å². The fourth-order valence-corrected chi connectivity index (χ4v) is 6.08. The molecule has 0 bridgehead atoms. The SMILES string of the molecule is Cc1nc(-c2ccccc2)c(CSC2CCCCC(n3ccnc3)C2n2ccnc2)o1. The Morgan fingerprint density at radius 1 is 1.00 bits per heavy atom. The van der Waals surface area contributed by atoms with Crippen molar-refractivity contribution in [3.05, 3.63) is 79.4 Å². The van der Waals surface area contributed by atoms with Gasteiger partial charge in [0.2, 0.25) is 0 Å². The highest BCUT2D eigenvalue weighted by Crippen LogP contribution is 2.43. The van der Waals surface area contributed by atoms with Gasteiger partial charge in [-0.25, -0.2) is 15.0 Å². The molecule has 0 spiro atoms. The summed E-state index contributed by atoms with van der Waals surface area (Å²) in [5, 5.41) is 0.443. The van der Waals surface area contributed by atoms with Crippen molar-refractivity contribution in [2.75, 3.05) is 0 Å².